The van der Waals surface area contributed by atoms with Crippen LogP contribution in [0.25, 0.3) is 0 Å². The van der Waals surface area contributed by atoms with Gasteiger partial charge in [-0.3, -0.25) is 0 Å². The Bertz CT molecular complexity index is 300. The van der Waals surface area contributed by atoms with Gasteiger partial charge in [0, 0.05) is 19.6 Å². The maximum Gasteiger partial charge on any atom is 0.129 e. The first-order valence-electron chi connectivity index (χ1n) is 6.97. The molecule has 0 saturated carbocycles. The van der Waals surface area contributed by atoms with E-state index in [9.17, 15) is 5.11 Å². The predicted molar refractivity (Wildman–Crippen MR) is 75.0 cm³/mol. The molecule has 1 unspecified atom stereocenters. The molecule has 110 valence electrons. The number of likely N-dealkylation sites (N-methyl/N-ethyl adjacent to an activating group) is 1. The molecular weight excluding hydrogens is 244 g/mol. The van der Waals surface area contributed by atoms with Crippen LogP contribution in [0.4, 0.5) is 0 Å². The summed E-state index contributed by atoms with van der Waals surface area (Å²) in [7, 11) is 0. The first-order valence-corrected chi connectivity index (χ1v) is 6.97. The van der Waals surface area contributed by atoms with E-state index in [4.69, 9.17) is 9.15 Å². The molecule has 1 aromatic heterocycles. The van der Waals surface area contributed by atoms with E-state index in [0.717, 1.165) is 31.9 Å². The lowest BCUT2D eigenvalue weighted by Gasteiger charge is -2.19. The lowest BCUT2D eigenvalue weighted by molar-refractivity contribution is 0.0225. The van der Waals surface area contributed by atoms with Crippen molar-refractivity contribution in [2.24, 2.45) is 0 Å². The zero-order valence-electron chi connectivity index (χ0n) is 12.0. The minimum absolute atomic E-state index is 0.318. The van der Waals surface area contributed by atoms with Gasteiger partial charge in [0.15, 0.2) is 0 Å². The van der Waals surface area contributed by atoms with E-state index >= 15 is 0 Å². The SMILES string of the molecule is CCN(CC)CCNCC(O)COCc1ccco1. The molecule has 0 saturated heterocycles. The Morgan fingerprint density at radius 1 is 1.42 bits per heavy atom. The smallest absolute Gasteiger partial charge is 0.129 e. The quantitative estimate of drug-likeness (QED) is 0.590. The Balaban J connectivity index is 1.97. The van der Waals surface area contributed by atoms with Crippen LogP contribution >= 0.6 is 0 Å². The highest BCUT2D eigenvalue weighted by Gasteiger charge is 2.05. The summed E-state index contributed by atoms with van der Waals surface area (Å²) in [6.45, 7) is 9.60. The third kappa shape index (κ3) is 7.32. The van der Waals surface area contributed by atoms with E-state index in [2.05, 4.69) is 24.1 Å². The summed E-state index contributed by atoms with van der Waals surface area (Å²) in [5, 5.41) is 13.0. The monoisotopic (exact) mass is 270 g/mol. The van der Waals surface area contributed by atoms with Crippen molar-refractivity contribution in [1.82, 2.24) is 10.2 Å². The van der Waals surface area contributed by atoms with E-state index in [1.807, 2.05) is 12.1 Å². The minimum Gasteiger partial charge on any atom is -0.467 e. The largest absolute Gasteiger partial charge is 0.467 e. The number of ether oxygens (including phenoxy) is 1. The van der Waals surface area contributed by atoms with Gasteiger partial charge >= 0.3 is 0 Å². The van der Waals surface area contributed by atoms with E-state index in [1.54, 1.807) is 6.26 Å². The molecular formula is C14H26N2O3. The Morgan fingerprint density at radius 2 is 2.21 bits per heavy atom. The van der Waals surface area contributed by atoms with Gasteiger partial charge in [0.25, 0.3) is 0 Å². The second-order valence-electron chi connectivity index (χ2n) is 4.48. The number of rotatable bonds is 11. The highest BCUT2D eigenvalue weighted by Crippen LogP contribution is 2.01. The van der Waals surface area contributed by atoms with Gasteiger partial charge in [-0.05, 0) is 25.2 Å². The van der Waals surface area contributed by atoms with Crippen molar-refractivity contribution in [2.45, 2.75) is 26.6 Å². The molecule has 0 aliphatic heterocycles. The van der Waals surface area contributed by atoms with Gasteiger partial charge in [-0.15, -0.1) is 0 Å². The molecule has 0 aromatic carbocycles. The third-order valence-electron chi connectivity index (χ3n) is 3.01. The van der Waals surface area contributed by atoms with Crippen LogP contribution in [0.3, 0.4) is 0 Å². The van der Waals surface area contributed by atoms with Crippen molar-refractivity contribution >= 4 is 0 Å². The van der Waals surface area contributed by atoms with Gasteiger partial charge in [0.2, 0.25) is 0 Å². The Labute approximate surface area is 115 Å². The van der Waals surface area contributed by atoms with Gasteiger partial charge in [0.05, 0.1) is 19.0 Å². The Kier molecular flexibility index (Phi) is 8.49. The van der Waals surface area contributed by atoms with Gasteiger partial charge in [-0.25, -0.2) is 0 Å². The summed E-state index contributed by atoms with van der Waals surface area (Å²) < 4.78 is 10.5. The molecule has 0 amide bonds. The molecule has 0 bridgehead atoms. The third-order valence-corrected chi connectivity index (χ3v) is 3.01. The first-order chi connectivity index (χ1) is 9.26. The van der Waals surface area contributed by atoms with Gasteiger partial charge < -0.3 is 24.5 Å². The van der Waals surface area contributed by atoms with Crippen LogP contribution in [0.2, 0.25) is 0 Å². The highest BCUT2D eigenvalue weighted by molar-refractivity contribution is 4.96. The Morgan fingerprint density at radius 3 is 2.84 bits per heavy atom. The number of aliphatic hydroxyl groups excluding tert-OH is 1. The number of furan rings is 1. The first kappa shape index (κ1) is 16.2. The molecule has 0 aliphatic carbocycles. The molecule has 5 nitrogen and oxygen atoms in total. The Hall–Kier alpha value is -0.880. The highest BCUT2D eigenvalue weighted by atomic mass is 16.5. The fourth-order valence-corrected chi connectivity index (χ4v) is 1.79. The van der Waals surface area contributed by atoms with Gasteiger partial charge in [-0.1, -0.05) is 13.8 Å². The molecule has 1 heterocycles. The molecule has 1 atom stereocenters. The number of aliphatic hydroxyl groups is 1. The standard InChI is InChI=1S/C14H26N2O3/c1-3-16(4-2)8-7-15-10-13(17)11-18-12-14-6-5-9-19-14/h5-6,9,13,15,17H,3-4,7-8,10-12H2,1-2H3. The lowest BCUT2D eigenvalue weighted by atomic mass is 10.3. The molecule has 2 N–H and O–H groups in total. The molecule has 0 aliphatic rings. The second kappa shape index (κ2) is 9.97. The molecule has 19 heavy (non-hydrogen) atoms. The van der Waals surface area contributed by atoms with Gasteiger partial charge in [0.1, 0.15) is 12.4 Å². The number of nitrogens with one attached hydrogen (secondary N) is 1. The molecule has 5 heteroatoms. The average molecular weight is 270 g/mol. The average Bonchev–Trinajstić information content (AvgIpc) is 2.92. The van der Waals surface area contributed by atoms with Crippen molar-refractivity contribution in [3.63, 3.8) is 0 Å². The topological polar surface area (TPSA) is 57.9 Å². The fourth-order valence-electron chi connectivity index (χ4n) is 1.79. The van der Waals surface area contributed by atoms with Gasteiger partial charge in [-0.2, -0.15) is 0 Å². The van der Waals surface area contributed by atoms with E-state index in [0.29, 0.717) is 19.8 Å². The summed E-state index contributed by atoms with van der Waals surface area (Å²) in [6, 6.07) is 3.68. The number of hydrogen-bond acceptors (Lipinski definition) is 5. The maximum atomic E-state index is 9.73. The molecule has 0 fully saturated rings. The van der Waals surface area contributed by atoms with Crippen LogP contribution in [0, 0.1) is 0 Å². The van der Waals surface area contributed by atoms with E-state index in [-0.39, 0.29) is 0 Å². The molecule has 0 spiro atoms. The van der Waals surface area contributed by atoms with Crippen LogP contribution in [0.5, 0.6) is 0 Å². The predicted octanol–water partition coefficient (Wildman–Crippen LogP) is 1.09. The van der Waals surface area contributed by atoms with Crippen molar-refractivity contribution in [2.75, 3.05) is 39.3 Å². The molecule has 0 radical (unpaired) electrons. The van der Waals surface area contributed by atoms with E-state index < -0.39 is 6.10 Å². The van der Waals surface area contributed by atoms with Crippen LogP contribution in [-0.2, 0) is 11.3 Å². The summed E-state index contributed by atoms with van der Waals surface area (Å²) in [5.74, 6) is 0.779. The van der Waals surface area contributed by atoms with Crippen molar-refractivity contribution in [3.05, 3.63) is 24.2 Å². The normalized spacial score (nSPS) is 13.1. The number of hydrogen-bond donors (Lipinski definition) is 2. The van der Waals surface area contributed by atoms with Crippen molar-refractivity contribution in [1.29, 1.82) is 0 Å². The zero-order chi connectivity index (χ0) is 13.9. The summed E-state index contributed by atoms with van der Waals surface area (Å²) >= 11 is 0. The maximum absolute atomic E-state index is 9.73. The zero-order valence-corrected chi connectivity index (χ0v) is 12.0. The minimum atomic E-state index is -0.480. The summed E-state index contributed by atoms with van der Waals surface area (Å²) in [5.41, 5.74) is 0. The van der Waals surface area contributed by atoms with Crippen LogP contribution in [-0.4, -0.2) is 55.4 Å². The lowest BCUT2D eigenvalue weighted by Crippen LogP contribution is -2.36. The van der Waals surface area contributed by atoms with Crippen LogP contribution < -0.4 is 5.32 Å². The fraction of sp³-hybridized carbons (Fsp3) is 0.714. The van der Waals surface area contributed by atoms with Crippen molar-refractivity contribution in [3.8, 4) is 0 Å². The number of nitrogens with zero attached hydrogens (tertiary/aromatic N) is 1. The van der Waals surface area contributed by atoms with E-state index in [1.165, 1.54) is 0 Å². The second-order valence-corrected chi connectivity index (χ2v) is 4.48. The summed E-state index contributed by atoms with van der Waals surface area (Å²) in [6.07, 6.45) is 1.14. The summed E-state index contributed by atoms with van der Waals surface area (Å²) in [4.78, 5) is 2.34. The van der Waals surface area contributed by atoms with Crippen LogP contribution in [0.1, 0.15) is 19.6 Å². The molecule has 1 aromatic rings. The van der Waals surface area contributed by atoms with Crippen molar-refractivity contribution < 1.29 is 14.3 Å². The van der Waals surface area contributed by atoms with Crippen LogP contribution in [0.15, 0.2) is 22.8 Å². The molecule has 1 rings (SSSR count).